The third-order valence-electron chi connectivity index (χ3n) is 3.07. The van der Waals surface area contributed by atoms with Gasteiger partial charge in [0.15, 0.2) is 0 Å². The van der Waals surface area contributed by atoms with Gasteiger partial charge in [-0.15, -0.1) is 0 Å². The SMILES string of the molecule is C[C@@H](NC(=O)C(N)c1cnn(C)c1)c1cccc(F)c1. The molecule has 0 spiro atoms. The molecule has 1 aromatic carbocycles. The highest BCUT2D eigenvalue weighted by atomic mass is 19.1. The van der Waals surface area contributed by atoms with E-state index < -0.39 is 6.04 Å². The number of amides is 1. The van der Waals surface area contributed by atoms with Crippen LogP contribution in [0, 0.1) is 5.82 Å². The van der Waals surface area contributed by atoms with E-state index in [2.05, 4.69) is 10.4 Å². The Morgan fingerprint density at radius 2 is 2.20 bits per heavy atom. The van der Waals surface area contributed by atoms with Crippen molar-refractivity contribution in [1.29, 1.82) is 0 Å². The van der Waals surface area contributed by atoms with Crippen molar-refractivity contribution in [2.24, 2.45) is 12.8 Å². The zero-order chi connectivity index (χ0) is 14.7. The second-order valence-corrected chi connectivity index (χ2v) is 4.71. The maximum atomic E-state index is 13.1. The minimum absolute atomic E-state index is 0.319. The van der Waals surface area contributed by atoms with Crippen molar-refractivity contribution in [3.63, 3.8) is 0 Å². The third kappa shape index (κ3) is 3.21. The summed E-state index contributed by atoms with van der Waals surface area (Å²) in [6.07, 6.45) is 3.24. The van der Waals surface area contributed by atoms with Gasteiger partial charge in [-0.1, -0.05) is 12.1 Å². The number of nitrogens with two attached hydrogens (primary N) is 1. The van der Waals surface area contributed by atoms with Gasteiger partial charge in [-0.3, -0.25) is 9.48 Å². The molecule has 1 unspecified atom stereocenters. The summed E-state index contributed by atoms with van der Waals surface area (Å²) in [6.45, 7) is 1.78. The van der Waals surface area contributed by atoms with E-state index in [0.717, 1.165) is 0 Å². The molecule has 3 N–H and O–H groups in total. The lowest BCUT2D eigenvalue weighted by atomic mass is 10.1. The van der Waals surface area contributed by atoms with Gasteiger partial charge in [0.25, 0.3) is 0 Å². The van der Waals surface area contributed by atoms with Crippen LogP contribution in [0.2, 0.25) is 0 Å². The Kier molecular flexibility index (Phi) is 4.14. The monoisotopic (exact) mass is 276 g/mol. The van der Waals surface area contributed by atoms with Crippen LogP contribution in [0.3, 0.4) is 0 Å². The van der Waals surface area contributed by atoms with Crippen LogP contribution in [0.25, 0.3) is 0 Å². The number of halogens is 1. The van der Waals surface area contributed by atoms with Gasteiger partial charge in [-0.25, -0.2) is 4.39 Å². The summed E-state index contributed by atoms with van der Waals surface area (Å²) in [7, 11) is 1.75. The molecule has 6 heteroatoms. The van der Waals surface area contributed by atoms with Gasteiger partial charge in [0.2, 0.25) is 5.91 Å². The zero-order valence-electron chi connectivity index (χ0n) is 11.4. The largest absolute Gasteiger partial charge is 0.348 e. The van der Waals surface area contributed by atoms with Gasteiger partial charge in [-0.2, -0.15) is 5.10 Å². The fraction of sp³-hybridized carbons (Fsp3) is 0.286. The van der Waals surface area contributed by atoms with Crippen molar-refractivity contribution in [3.8, 4) is 0 Å². The zero-order valence-corrected chi connectivity index (χ0v) is 11.4. The Bertz CT molecular complexity index is 611. The Labute approximate surface area is 116 Å². The van der Waals surface area contributed by atoms with Crippen molar-refractivity contribution in [1.82, 2.24) is 15.1 Å². The van der Waals surface area contributed by atoms with E-state index in [1.807, 2.05) is 0 Å². The Balaban J connectivity index is 2.04. The molecule has 0 saturated heterocycles. The van der Waals surface area contributed by atoms with E-state index in [-0.39, 0.29) is 17.8 Å². The molecular formula is C14H17FN4O. The Morgan fingerprint density at radius 3 is 2.80 bits per heavy atom. The molecule has 0 aliphatic rings. The molecule has 0 saturated carbocycles. The van der Waals surface area contributed by atoms with Crippen molar-refractivity contribution in [2.45, 2.75) is 19.0 Å². The number of carbonyl (C=O) groups is 1. The Hall–Kier alpha value is -2.21. The summed E-state index contributed by atoms with van der Waals surface area (Å²) in [5.41, 5.74) is 7.20. The second-order valence-electron chi connectivity index (χ2n) is 4.71. The molecule has 1 heterocycles. The fourth-order valence-corrected chi connectivity index (χ4v) is 1.91. The standard InChI is InChI=1S/C14H17FN4O/c1-9(10-4-3-5-12(15)6-10)18-14(20)13(16)11-7-17-19(2)8-11/h3-9,13H,16H2,1-2H3,(H,18,20)/t9-,13?/m1/s1. The summed E-state index contributed by atoms with van der Waals surface area (Å²) in [6, 6.07) is 5.00. The van der Waals surface area contributed by atoms with Crippen LogP contribution >= 0.6 is 0 Å². The van der Waals surface area contributed by atoms with E-state index >= 15 is 0 Å². The maximum absolute atomic E-state index is 13.1. The number of rotatable bonds is 4. The number of aromatic nitrogens is 2. The first kappa shape index (κ1) is 14.2. The topological polar surface area (TPSA) is 72.9 Å². The molecule has 2 aromatic rings. The van der Waals surface area contributed by atoms with Crippen LogP contribution in [0.1, 0.15) is 30.1 Å². The van der Waals surface area contributed by atoms with Gasteiger partial charge in [0.05, 0.1) is 12.2 Å². The maximum Gasteiger partial charge on any atom is 0.242 e. The van der Waals surface area contributed by atoms with E-state index in [9.17, 15) is 9.18 Å². The molecule has 0 fully saturated rings. The Morgan fingerprint density at radius 1 is 1.45 bits per heavy atom. The summed E-state index contributed by atoms with van der Waals surface area (Å²) in [4.78, 5) is 12.1. The molecular weight excluding hydrogens is 259 g/mol. The van der Waals surface area contributed by atoms with Crippen molar-refractivity contribution < 1.29 is 9.18 Å². The van der Waals surface area contributed by atoms with E-state index in [1.165, 1.54) is 12.1 Å². The minimum Gasteiger partial charge on any atom is -0.348 e. The van der Waals surface area contributed by atoms with Crippen LogP contribution in [-0.4, -0.2) is 15.7 Å². The van der Waals surface area contributed by atoms with Crippen LogP contribution in [0.4, 0.5) is 4.39 Å². The van der Waals surface area contributed by atoms with Crippen molar-refractivity contribution in [3.05, 3.63) is 53.6 Å². The van der Waals surface area contributed by atoms with Crippen LogP contribution in [-0.2, 0) is 11.8 Å². The molecule has 1 amide bonds. The van der Waals surface area contributed by atoms with Gasteiger partial charge >= 0.3 is 0 Å². The van der Waals surface area contributed by atoms with Gasteiger partial charge in [0, 0.05) is 18.8 Å². The summed E-state index contributed by atoms with van der Waals surface area (Å²) in [5.74, 6) is -0.657. The van der Waals surface area contributed by atoms with Gasteiger partial charge < -0.3 is 11.1 Å². The fourth-order valence-electron chi connectivity index (χ4n) is 1.91. The van der Waals surface area contributed by atoms with Crippen LogP contribution < -0.4 is 11.1 Å². The first-order valence-corrected chi connectivity index (χ1v) is 6.27. The smallest absolute Gasteiger partial charge is 0.242 e. The highest BCUT2D eigenvalue weighted by molar-refractivity contribution is 5.83. The molecule has 5 nitrogen and oxygen atoms in total. The van der Waals surface area contributed by atoms with E-state index in [0.29, 0.717) is 11.1 Å². The molecule has 0 aliphatic heterocycles. The number of carbonyl (C=O) groups excluding carboxylic acids is 1. The number of benzene rings is 1. The lowest BCUT2D eigenvalue weighted by Crippen LogP contribution is -2.35. The summed E-state index contributed by atoms with van der Waals surface area (Å²) in [5, 5.41) is 6.74. The van der Waals surface area contributed by atoms with Crippen LogP contribution in [0.15, 0.2) is 36.7 Å². The molecule has 106 valence electrons. The molecule has 20 heavy (non-hydrogen) atoms. The summed E-state index contributed by atoms with van der Waals surface area (Å²) < 4.78 is 14.7. The highest BCUT2D eigenvalue weighted by Gasteiger charge is 2.19. The third-order valence-corrected chi connectivity index (χ3v) is 3.07. The van der Waals surface area contributed by atoms with Crippen molar-refractivity contribution in [2.75, 3.05) is 0 Å². The number of hydrogen-bond donors (Lipinski definition) is 2. The molecule has 0 aliphatic carbocycles. The first-order chi connectivity index (χ1) is 9.47. The van der Waals surface area contributed by atoms with Crippen molar-refractivity contribution >= 4 is 5.91 Å². The average Bonchev–Trinajstić information content (AvgIpc) is 2.84. The lowest BCUT2D eigenvalue weighted by Gasteiger charge is -2.17. The molecule has 1 aromatic heterocycles. The van der Waals surface area contributed by atoms with E-state index in [4.69, 9.17) is 5.73 Å². The molecule has 2 rings (SSSR count). The average molecular weight is 276 g/mol. The molecule has 0 radical (unpaired) electrons. The number of nitrogens with one attached hydrogen (secondary N) is 1. The van der Waals surface area contributed by atoms with Gasteiger partial charge in [-0.05, 0) is 24.6 Å². The minimum atomic E-state index is -0.792. The molecule has 2 atom stereocenters. The first-order valence-electron chi connectivity index (χ1n) is 6.27. The number of aryl methyl sites for hydroxylation is 1. The number of hydrogen-bond acceptors (Lipinski definition) is 3. The number of nitrogens with zero attached hydrogens (tertiary/aromatic N) is 2. The van der Waals surface area contributed by atoms with Crippen LogP contribution in [0.5, 0.6) is 0 Å². The highest BCUT2D eigenvalue weighted by Crippen LogP contribution is 2.15. The quantitative estimate of drug-likeness (QED) is 0.887. The summed E-state index contributed by atoms with van der Waals surface area (Å²) >= 11 is 0. The predicted molar refractivity (Wildman–Crippen MR) is 73.1 cm³/mol. The lowest BCUT2D eigenvalue weighted by molar-refractivity contribution is -0.123. The normalized spacial score (nSPS) is 13.8. The predicted octanol–water partition coefficient (Wildman–Crippen LogP) is 1.44. The molecule has 0 bridgehead atoms. The van der Waals surface area contributed by atoms with E-state index in [1.54, 1.807) is 43.2 Å². The van der Waals surface area contributed by atoms with Gasteiger partial charge in [0.1, 0.15) is 11.9 Å². The second kappa shape index (κ2) is 5.83.